The summed E-state index contributed by atoms with van der Waals surface area (Å²) in [5.74, 6) is 0.459. The van der Waals surface area contributed by atoms with E-state index in [1.165, 1.54) is 11.3 Å². The van der Waals surface area contributed by atoms with Gasteiger partial charge in [-0.25, -0.2) is 0 Å². The van der Waals surface area contributed by atoms with Crippen molar-refractivity contribution in [2.24, 2.45) is 0 Å². The lowest BCUT2D eigenvalue weighted by Crippen LogP contribution is -2.51. The molecule has 0 saturated carbocycles. The quantitative estimate of drug-likeness (QED) is 0.748. The van der Waals surface area contributed by atoms with Crippen LogP contribution in [0.25, 0.3) is 6.08 Å². The smallest absolute Gasteiger partial charge is 0.130 e. The number of nitriles is 2. The molecule has 0 aliphatic carbocycles. The van der Waals surface area contributed by atoms with Crippen LogP contribution in [0.15, 0.2) is 23.8 Å². The summed E-state index contributed by atoms with van der Waals surface area (Å²) in [7, 11) is 0. The van der Waals surface area contributed by atoms with Gasteiger partial charge in [0.1, 0.15) is 17.7 Å². The van der Waals surface area contributed by atoms with Crippen molar-refractivity contribution in [3.8, 4) is 12.1 Å². The van der Waals surface area contributed by atoms with E-state index in [2.05, 4.69) is 51.7 Å². The fourth-order valence-electron chi connectivity index (χ4n) is 3.79. The third-order valence-corrected chi connectivity index (χ3v) is 4.37. The molecule has 0 bridgehead atoms. The second-order valence-electron chi connectivity index (χ2n) is 6.98. The lowest BCUT2D eigenvalue weighted by molar-refractivity contribution is 0.356. The molecule has 1 aromatic rings. The van der Waals surface area contributed by atoms with Crippen LogP contribution in [0.4, 0.5) is 5.69 Å². The summed E-state index contributed by atoms with van der Waals surface area (Å²) in [4.78, 5) is 2.48. The molecule has 0 N–H and O–H groups in total. The Morgan fingerprint density at radius 3 is 2.50 bits per heavy atom. The highest BCUT2D eigenvalue weighted by atomic mass is 15.2. The van der Waals surface area contributed by atoms with E-state index in [0.29, 0.717) is 12.0 Å². The summed E-state index contributed by atoms with van der Waals surface area (Å²) in [5, 5.41) is 17.8. The zero-order valence-corrected chi connectivity index (χ0v) is 14.0. The standard InChI is InChI=1S/C19H23N3/c1-13(2)22-18-7-6-15(8-16(11-20)12-21)9-17(18)14(3)10-19(22,4)5/h6-9,13-14H,10H2,1-5H3. The Balaban J connectivity index is 2.55. The monoisotopic (exact) mass is 293 g/mol. The third kappa shape index (κ3) is 2.85. The van der Waals surface area contributed by atoms with Crippen molar-refractivity contribution in [1.29, 1.82) is 10.5 Å². The maximum Gasteiger partial charge on any atom is 0.130 e. The SMILES string of the molecule is CC1CC(C)(C)N(C(C)C)c2ccc(C=C(C#N)C#N)cc21. The predicted octanol–water partition coefficient (Wildman–Crippen LogP) is 4.62. The molecule has 1 unspecified atom stereocenters. The number of hydrogen-bond acceptors (Lipinski definition) is 3. The summed E-state index contributed by atoms with van der Waals surface area (Å²) < 4.78 is 0. The number of rotatable bonds is 2. The number of nitrogens with zero attached hydrogens (tertiary/aromatic N) is 3. The normalized spacial score (nSPS) is 19.1. The Hall–Kier alpha value is -2.26. The van der Waals surface area contributed by atoms with Gasteiger partial charge in [-0.1, -0.05) is 13.0 Å². The van der Waals surface area contributed by atoms with Gasteiger partial charge in [0, 0.05) is 17.3 Å². The first-order chi connectivity index (χ1) is 10.3. The van der Waals surface area contributed by atoms with Crippen molar-refractivity contribution in [2.45, 2.75) is 58.5 Å². The molecular weight excluding hydrogens is 270 g/mol. The minimum atomic E-state index is 0.127. The Morgan fingerprint density at radius 1 is 1.32 bits per heavy atom. The molecule has 3 nitrogen and oxygen atoms in total. The Kier molecular flexibility index (Phi) is 4.29. The van der Waals surface area contributed by atoms with Gasteiger partial charge < -0.3 is 4.90 Å². The van der Waals surface area contributed by atoms with Crippen LogP contribution >= 0.6 is 0 Å². The summed E-state index contributed by atoms with van der Waals surface area (Å²) in [6.07, 6.45) is 2.75. The third-order valence-electron chi connectivity index (χ3n) is 4.37. The van der Waals surface area contributed by atoms with Crippen molar-refractivity contribution in [2.75, 3.05) is 4.90 Å². The minimum Gasteiger partial charge on any atom is -0.364 e. The van der Waals surface area contributed by atoms with Gasteiger partial charge >= 0.3 is 0 Å². The Labute approximate surface area is 133 Å². The van der Waals surface area contributed by atoms with Crippen molar-refractivity contribution in [3.05, 3.63) is 34.9 Å². The highest BCUT2D eigenvalue weighted by Gasteiger charge is 2.37. The molecular formula is C19H23N3. The summed E-state index contributed by atoms with van der Waals surface area (Å²) in [6, 6.07) is 10.5. The number of allylic oxidation sites excluding steroid dienone is 1. The average molecular weight is 293 g/mol. The van der Waals surface area contributed by atoms with E-state index in [0.717, 1.165) is 12.0 Å². The van der Waals surface area contributed by atoms with Gasteiger partial charge in [-0.05, 0) is 69.4 Å². The lowest BCUT2D eigenvalue weighted by atomic mass is 9.79. The molecule has 0 fully saturated rings. The second kappa shape index (κ2) is 5.85. The maximum atomic E-state index is 8.91. The second-order valence-corrected chi connectivity index (χ2v) is 6.98. The van der Waals surface area contributed by atoms with Crippen molar-refractivity contribution in [3.63, 3.8) is 0 Å². The molecule has 1 atom stereocenters. The first kappa shape index (κ1) is 16.1. The minimum absolute atomic E-state index is 0.127. The van der Waals surface area contributed by atoms with Crippen LogP contribution in [-0.2, 0) is 0 Å². The van der Waals surface area contributed by atoms with E-state index in [1.807, 2.05) is 18.2 Å². The average Bonchev–Trinajstić information content (AvgIpc) is 2.43. The summed E-state index contributed by atoms with van der Waals surface area (Å²) in [6.45, 7) is 11.3. The van der Waals surface area contributed by atoms with Crippen molar-refractivity contribution in [1.82, 2.24) is 0 Å². The molecule has 114 valence electrons. The zero-order valence-electron chi connectivity index (χ0n) is 14.0. The Morgan fingerprint density at radius 2 is 1.95 bits per heavy atom. The van der Waals surface area contributed by atoms with Crippen molar-refractivity contribution < 1.29 is 0 Å². The maximum absolute atomic E-state index is 8.91. The lowest BCUT2D eigenvalue weighted by Gasteiger charge is -2.50. The van der Waals surface area contributed by atoms with Gasteiger partial charge in [-0.3, -0.25) is 0 Å². The molecule has 3 heteroatoms. The number of anilines is 1. The van der Waals surface area contributed by atoms with Gasteiger partial charge in [0.25, 0.3) is 0 Å². The summed E-state index contributed by atoms with van der Waals surface area (Å²) in [5.41, 5.74) is 3.77. The molecule has 0 radical (unpaired) electrons. The van der Waals surface area contributed by atoms with Gasteiger partial charge in [0.05, 0.1) is 0 Å². The van der Waals surface area contributed by atoms with Crippen LogP contribution < -0.4 is 4.90 Å². The van der Waals surface area contributed by atoms with Crippen LogP contribution in [0.1, 0.15) is 58.1 Å². The van der Waals surface area contributed by atoms with Gasteiger partial charge in [0.2, 0.25) is 0 Å². The Bertz CT molecular complexity index is 668. The van der Waals surface area contributed by atoms with E-state index in [9.17, 15) is 0 Å². The van der Waals surface area contributed by atoms with Gasteiger partial charge in [-0.2, -0.15) is 10.5 Å². The largest absolute Gasteiger partial charge is 0.364 e. The summed E-state index contributed by atoms with van der Waals surface area (Å²) >= 11 is 0. The van der Waals surface area contributed by atoms with Crippen LogP contribution in [0.5, 0.6) is 0 Å². The first-order valence-electron chi connectivity index (χ1n) is 7.75. The van der Waals surface area contributed by atoms with E-state index in [4.69, 9.17) is 10.5 Å². The van der Waals surface area contributed by atoms with E-state index in [-0.39, 0.29) is 11.1 Å². The molecule has 1 aromatic carbocycles. The van der Waals surface area contributed by atoms with Crippen LogP contribution in [-0.4, -0.2) is 11.6 Å². The van der Waals surface area contributed by atoms with E-state index >= 15 is 0 Å². The fourth-order valence-corrected chi connectivity index (χ4v) is 3.79. The van der Waals surface area contributed by atoms with E-state index in [1.54, 1.807) is 6.08 Å². The topological polar surface area (TPSA) is 50.8 Å². The van der Waals surface area contributed by atoms with Crippen LogP contribution in [0.2, 0.25) is 0 Å². The van der Waals surface area contributed by atoms with Crippen LogP contribution in [0.3, 0.4) is 0 Å². The zero-order chi connectivity index (χ0) is 16.5. The van der Waals surface area contributed by atoms with Gasteiger partial charge in [0.15, 0.2) is 0 Å². The number of benzene rings is 1. The molecule has 1 aliphatic heterocycles. The highest BCUT2D eigenvalue weighted by Crippen LogP contribution is 2.44. The predicted molar refractivity (Wildman–Crippen MR) is 90.4 cm³/mol. The molecule has 2 rings (SSSR count). The molecule has 0 saturated heterocycles. The highest BCUT2D eigenvalue weighted by molar-refractivity contribution is 5.68. The molecule has 1 aliphatic rings. The van der Waals surface area contributed by atoms with E-state index < -0.39 is 0 Å². The molecule has 0 spiro atoms. The molecule has 0 aromatic heterocycles. The van der Waals surface area contributed by atoms with Crippen LogP contribution in [0, 0.1) is 22.7 Å². The number of fused-ring (bicyclic) bond motifs is 1. The molecule has 22 heavy (non-hydrogen) atoms. The fraction of sp³-hybridized carbons (Fsp3) is 0.474. The number of hydrogen-bond donors (Lipinski definition) is 0. The van der Waals surface area contributed by atoms with Gasteiger partial charge in [-0.15, -0.1) is 0 Å². The molecule has 0 amide bonds. The van der Waals surface area contributed by atoms with Crippen molar-refractivity contribution >= 4 is 11.8 Å². The first-order valence-corrected chi connectivity index (χ1v) is 7.75. The molecule has 1 heterocycles.